The quantitative estimate of drug-likeness (QED) is 0.296. The Morgan fingerprint density at radius 3 is 2.52 bits per heavy atom. The molecule has 0 bridgehead atoms. The predicted octanol–water partition coefficient (Wildman–Crippen LogP) is 5.55. The molecule has 1 atom stereocenters. The fourth-order valence-electron chi connectivity index (χ4n) is 4.81. The monoisotopic (exact) mass is 547 g/mol. The van der Waals surface area contributed by atoms with Crippen LogP contribution in [0.5, 0.6) is 5.88 Å². The Balaban J connectivity index is 1.34. The number of ether oxygens (including phenoxy) is 2. The van der Waals surface area contributed by atoms with E-state index in [0.717, 1.165) is 31.0 Å². The van der Waals surface area contributed by atoms with Crippen LogP contribution in [-0.2, 0) is 24.3 Å². The zero-order chi connectivity index (χ0) is 28.2. The number of rotatable bonds is 7. The van der Waals surface area contributed by atoms with Crippen LogP contribution in [-0.4, -0.2) is 42.7 Å². The van der Waals surface area contributed by atoms with Crippen LogP contribution in [0.1, 0.15) is 61.2 Å². The van der Waals surface area contributed by atoms with E-state index in [9.17, 15) is 13.6 Å². The van der Waals surface area contributed by atoms with E-state index in [1.54, 1.807) is 36.9 Å². The predicted molar refractivity (Wildman–Crippen MR) is 141 cm³/mol. The van der Waals surface area contributed by atoms with E-state index in [4.69, 9.17) is 14.5 Å². The van der Waals surface area contributed by atoms with Gasteiger partial charge in [-0.3, -0.25) is 4.90 Å². The number of aromatic nitrogens is 6. The molecule has 12 heteroatoms. The highest BCUT2D eigenvalue weighted by Gasteiger charge is 2.35. The summed E-state index contributed by atoms with van der Waals surface area (Å²) in [6, 6.07) is 7.21. The molecule has 4 heterocycles. The maximum absolute atomic E-state index is 13.8. The minimum atomic E-state index is -3.04. The van der Waals surface area contributed by atoms with Gasteiger partial charge in [0.2, 0.25) is 5.88 Å². The van der Waals surface area contributed by atoms with Crippen molar-refractivity contribution >= 4 is 11.9 Å². The fourth-order valence-corrected chi connectivity index (χ4v) is 4.81. The second-order valence-corrected chi connectivity index (χ2v) is 10.1. The molecule has 1 aliphatic heterocycles. The number of cyclic esters (lactones) is 1. The third-order valence-corrected chi connectivity index (χ3v) is 7.09. The van der Waals surface area contributed by atoms with Gasteiger partial charge in [-0.25, -0.2) is 29.7 Å². The van der Waals surface area contributed by atoms with E-state index in [1.807, 2.05) is 12.1 Å². The summed E-state index contributed by atoms with van der Waals surface area (Å²) in [6.45, 7) is 2.77. The zero-order valence-corrected chi connectivity index (χ0v) is 22.4. The number of anilines is 1. The van der Waals surface area contributed by atoms with Crippen LogP contribution in [0.15, 0.2) is 43.0 Å². The van der Waals surface area contributed by atoms with Crippen molar-refractivity contribution in [3.63, 3.8) is 0 Å². The number of benzene rings is 1. The average molecular weight is 548 g/mol. The lowest BCUT2D eigenvalue weighted by Crippen LogP contribution is -2.37. The van der Waals surface area contributed by atoms with Gasteiger partial charge in [-0.1, -0.05) is 24.3 Å². The Labute approximate surface area is 229 Å². The van der Waals surface area contributed by atoms with Crippen molar-refractivity contribution < 1.29 is 23.0 Å². The van der Waals surface area contributed by atoms with Crippen LogP contribution in [0.3, 0.4) is 0 Å². The summed E-state index contributed by atoms with van der Waals surface area (Å²) in [5, 5.41) is 0. The maximum Gasteiger partial charge on any atom is 0.416 e. The lowest BCUT2D eigenvalue weighted by Gasteiger charge is -2.31. The molecular formula is C28H27F2N7O3. The summed E-state index contributed by atoms with van der Waals surface area (Å²) in [6.07, 6.45) is 5.44. The minimum Gasteiger partial charge on any atom is -0.480 e. The smallest absolute Gasteiger partial charge is 0.416 e. The number of hydrogen-bond acceptors (Lipinski definition) is 8. The van der Waals surface area contributed by atoms with Crippen LogP contribution < -0.4 is 9.64 Å². The van der Waals surface area contributed by atoms with Crippen LogP contribution in [0.2, 0.25) is 0 Å². The molecule has 2 aliphatic rings. The molecular weight excluding hydrogens is 520 g/mol. The van der Waals surface area contributed by atoms with Gasteiger partial charge in [0.1, 0.15) is 35.3 Å². The molecule has 40 heavy (non-hydrogen) atoms. The molecule has 10 nitrogen and oxygen atoms in total. The van der Waals surface area contributed by atoms with E-state index in [-0.39, 0.29) is 12.2 Å². The normalized spacial score (nSPS) is 17.0. The van der Waals surface area contributed by atoms with Crippen LogP contribution in [0.4, 0.5) is 19.4 Å². The molecule has 1 aromatic carbocycles. The number of hydrogen-bond donors (Lipinski definition) is 0. The largest absolute Gasteiger partial charge is 0.480 e. The first-order chi connectivity index (χ1) is 19.1. The highest BCUT2D eigenvalue weighted by Crippen LogP contribution is 2.45. The van der Waals surface area contributed by atoms with Crippen LogP contribution in [0.25, 0.3) is 22.8 Å². The van der Waals surface area contributed by atoms with E-state index in [1.165, 1.54) is 24.5 Å². The summed E-state index contributed by atoms with van der Waals surface area (Å²) in [7, 11) is 3.21. The molecule has 1 amide bonds. The summed E-state index contributed by atoms with van der Waals surface area (Å²) >= 11 is 0. The first-order valence-electron chi connectivity index (χ1n) is 12.9. The topological polar surface area (TPSA) is 108 Å². The average Bonchev–Trinajstić information content (AvgIpc) is 3.70. The number of halogens is 2. The molecule has 0 spiro atoms. The molecule has 1 aliphatic carbocycles. The SMILES string of the molecule is COc1ncnc(C2CC2)c1-c1ncc2c(n1)N(Cc1ccc(-c3nc(C(C)(F)F)cn3C)cc1)C(=O)OC2C. The number of carbonyl (C=O) groups excluding carboxylic acids is 1. The third kappa shape index (κ3) is 4.63. The standard InChI is InChI=1S/C28H27F2N7O3/c1-15-19-11-31-23(21-22(17-9-10-17)32-14-33-26(21)39-4)35-25(19)37(27(38)40-15)12-16-5-7-18(8-6-16)24-34-20(13-36(24)3)28(2,29)30/h5-8,11,13-15,17H,9-10,12H2,1-4H3. The number of imidazole rings is 1. The van der Waals surface area contributed by atoms with Crippen molar-refractivity contribution in [2.45, 2.75) is 51.2 Å². The number of alkyl halides is 2. The Bertz CT molecular complexity index is 1600. The number of methoxy groups -OCH3 is 1. The van der Waals surface area contributed by atoms with E-state index >= 15 is 0 Å². The Hall–Kier alpha value is -4.48. The van der Waals surface area contributed by atoms with Gasteiger partial charge in [0, 0.05) is 37.8 Å². The second kappa shape index (κ2) is 9.61. The lowest BCUT2D eigenvalue weighted by atomic mass is 10.1. The van der Waals surface area contributed by atoms with Crippen LogP contribution >= 0.6 is 0 Å². The van der Waals surface area contributed by atoms with Crippen molar-refractivity contribution in [2.24, 2.45) is 7.05 Å². The van der Waals surface area contributed by atoms with Crippen molar-refractivity contribution in [1.29, 1.82) is 0 Å². The molecule has 4 aromatic rings. The van der Waals surface area contributed by atoms with E-state index < -0.39 is 18.1 Å². The van der Waals surface area contributed by atoms with Crippen molar-refractivity contribution in [3.8, 4) is 28.7 Å². The number of carbonyl (C=O) groups is 1. The molecule has 1 saturated carbocycles. The first kappa shape index (κ1) is 25.8. The highest BCUT2D eigenvalue weighted by atomic mass is 19.3. The zero-order valence-electron chi connectivity index (χ0n) is 22.4. The van der Waals surface area contributed by atoms with Crippen molar-refractivity contribution in [2.75, 3.05) is 12.0 Å². The van der Waals surface area contributed by atoms with Gasteiger partial charge in [0.15, 0.2) is 5.82 Å². The molecule has 1 unspecified atom stereocenters. The van der Waals surface area contributed by atoms with Crippen molar-refractivity contribution in [3.05, 3.63) is 65.5 Å². The van der Waals surface area contributed by atoms with Gasteiger partial charge in [0.05, 0.1) is 24.9 Å². The molecule has 6 rings (SSSR count). The van der Waals surface area contributed by atoms with Gasteiger partial charge < -0.3 is 14.0 Å². The maximum atomic E-state index is 13.8. The summed E-state index contributed by atoms with van der Waals surface area (Å²) in [4.78, 5) is 36.8. The van der Waals surface area contributed by atoms with E-state index in [0.29, 0.717) is 46.0 Å². The number of nitrogens with zero attached hydrogens (tertiary/aromatic N) is 7. The van der Waals surface area contributed by atoms with E-state index in [2.05, 4.69) is 19.9 Å². The number of amides is 1. The summed E-state index contributed by atoms with van der Waals surface area (Å²) < 4.78 is 40.2. The molecule has 0 N–H and O–H groups in total. The molecule has 0 radical (unpaired) electrons. The Morgan fingerprint density at radius 2 is 1.88 bits per heavy atom. The Morgan fingerprint density at radius 1 is 1.12 bits per heavy atom. The molecule has 3 aromatic heterocycles. The Kier molecular flexibility index (Phi) is 6.20. The number of fused-ring (bicyclic) bond motifs is 1. The molecule has 206 valence electrons. The van der Waals surface area contributed by atoms with Crippen molar-refractivity contribution in [1.82, 2.24) is 29.5 Å². The van der Waals surface area contributed by atoms with Gasteiger partial charge in [-0.05, 0) is 25.3 Å². The minimum absolute atomic E-state index is 0.173. The third-order valence-electron chi connectivity index (χ3n) is 7.09. The highest BCUT2D eigenvalue weighted by molar-refractivity contribution is 5.90. The second-order valence-electron chi connectivity index (χ2n) is 10.1. The summed E-state index contributed by atoms with van der Waals surface area (Å²) in [5.74, 6) is -1.14. The van der Waals surface area contributed by atoms with Crippen LogP contribution in [0, 0.1) is 0 Å². The van der Waals surface area contributed by atoms with Gasteiger partial charge >= 0.3 is 6.09 Å². The molecule has 0 saturated heterocycles. The summed E-state index contributed by atoms with van der Waals surface area (Å²) in [5.41, 5.74) is 3.29. The van der Waals surface area contributed by atoms with Gasteiger partial charge in [0.25, 0.3) is 5.92 Å². The van der Waals surface area contributed by atoms with Gasteiger partial charge in [-0.2, -0.15) is 8.78 Å². The fraction of sp³-hybridized carbons (Fsp3) is 0.357. The molecule has 1 fully saturated rings. The lowest BCUT2D eigenvalue weighted by molar-refractivity contribution is 0.0131. The van der Waals surface area contributed by atoms with Gasteiger partial charge in [-0.15, -0.1) is 0 Å². The first-order valence-corrected chi connectivity index (χ1v) is 12.9. The number of aryl methyl sites for hydroxylation is 1.